The van der Waals surface area contributed by atoms with Gasteiger partial charge in [0.25, 0.3) is 10.0 Å². The molecule has 0 atom stereocenters. The number of rotatable bonds is 3. The normalized spacial score (nSPS) is 11.6. The van der Waals surface area contributed by atoms with E-state index in [9.17, 15) is 8.42 Å². The van der Waals surface area contributed by atoms with Crippen molar-refractivity contribution in [3.05, 3.63) is 34.4 Å². The van der Waals surface area contributed by atoms with Gasteiger partial charge in [-0.05, 0) is 32.9 Å². The van der Waals surface area contributed by atoms with Crippen LogP contribution in [0.15, 0.2) is 21.6 Å². The fourth-order valence-electron chi connectivity index (χ4n) is 1.69. The zero-order valence-corrected chi connectivity index (χ0v) is 12.1. The Bertz CT molecular complexity index is 705. The molecule has 6 nitrogen and oxygen atoms in total. The predicted octanol–water partition coefficient (Wildman–Crippen LogP) is 2.45. The van der Waals surface area contributed by atoms with Crippen LogP contribution in [0.3, 0.4) is 0 Å². The van der Waals surface area contributed by atoms with Crippen LogP contribution in [0.5, 0.6) is 0 Å². The largest absolute Gasteiger partial charge is 0.360 e. The molecule has 102 valence electrons. The van der Waals surface area contributed by atoms with Crippen LogP contribution in [-0.4, -0.2) is 18.6 Å². The van der Waals surface area contributed by atoms with E-state index in [2.05, 4.69) is 14.9 Å². The molecule has 0 spiro atoms. The van der Waals surface area contributed by atoms with Crippen LogP contribution in [0, 0.1) is 20.8 Å². The van der Waals surface area contributed by atoms with Crippen LogP contribution in [0.2, 0.25) is 5.15 Å². The van der Waals surface area contributed by atoms with Crippen molar-refractivity contribution in [3.8, 4) is 0 Å². The number of aromatic nitrogens is 2. The highest BCUT2D eigenvalue weighted by molar-refractivity contribution is 7.92. The van der Waals surface area contributed by atoms with Crippen molar-refractivity contribution in [2.75, 3.05) is 4.72 Å². The van der Waals surface area contributed by atoms with Gasteiger partial charge in [0, 0.05) is 0 Å². The Labute approximate surface area is 115 Å². The Morgan fingerprint density at radius 2 is 1.89 bits per heavy atom. The molecule has 1 N–H and O–H groups in total. The van der Waals surface area contributed by atoms with Crippen molar-refractivity contribution >= 4 is 27.3 Å². The van der Waals surface area contributed by atoms with E-state index < -0.39 is 10.0 Å². The molecule has 0 radical (unpaired) electrons. The van der Waals surface area contributed by atoms with Gasteiger partial charge in [-0.25, -0.2) is 13.4 Å². The number of hydrogen-bond donors (Lipinski definition) is 1. The van der Waals surface area contributed by atoms with Gasteiger partial charge in [-0.3, -0.25) is 4.72 Å². The molecule has 2 heterocycles. The highest BCUT2D eigenvalue weighted by Crippen LogP contribution is 2.24. The van der Waals surface area contributed by atoms with E-state index in [1.165, 1.54) is 6.07 Å². The van der Waals surface area contributed by atoms with Gasteiger partial charge in [0.1, 0.15) is 10.8 Å². The average molecular weight is 302 g/mol. The summed E-state index contributed by atoms with van der Waals surface area (Å²) in [6.45, 7) is 4.77. The van der Waals surface area contributed by atoms with Crippen molar-refractivity contribution in [1.82, 2.24) is 10.1 Å². The third kappa shape index (κ3) is 2.71. The summed E-state index contributed by atoms with van der Waals surface area (Å²) in [4.78, 5) is 4.03. The topological polar surface area (TPSA) is 85.1 Å². The summed E-state index contributed by atoms with van der Waals surface area (Å²) in [6, 6.07) is 3.07. The molecule has 19 heavy (non-hydrogen) atoms. The van der Waals surface area contributed by atoms with Gasteiger partial charge in [0.15, 0.2) is 10.7 Å². The second-order valence-electron chi connectivity index (χ2n) is 4.03. The SMILES string of the molecule is Cc1nc(Cl)ccc1NS(=O)(=O)c1c(C)noc1C. The summed E-state index contributed by atoms with van der Waals surface area (Å²) in [6.07, 6.45) is 0. The van der Waals surface area contributed by atoms with Crippen molar-refractivity contribution in [2.24, 2.45) is 0 Å². The lowest BCUT2D eigenvalue weighted by atomic mass is 10.3. The molecule has 0 amide bonds. The van der Waals surface area contributed by atoms with E-state index in [1.54, 1.807) is 26.8 Å². The number of sulfonamides is 1. The molecule has 0 saturated heterocycles. The van der Waals surface area contributed by atoms with E-state index in [1.807, 2.05) is 0 Å². The highest BCUT2D eigenvalue weighted by atomic mass is 35.5. The molecule has 0 unspecified atom stereocenters. The van der Waals surface area contributed by atoms with E-state index in [0.717, 1.165) is 0 Å². The van der Waals surface area contributed by atoms with Crippen molar-refractivity contribution in [3.63, 3.8) is 0 Å². The fourth-order valence-corrected chi connectivity index (χ4v) is 3.33. The molecule has 0 aliphatic rings. The zero-order valence-electron chi connectivity index (χ0n) is 10.6. The lowest BCUT2D eigenvalue weighted by Gasteiger charge is -2.09. The van der Waals surface area contributed by atoms with Crippen LogP contribution >= 0.6 is 11.6 Å². The van der Waals surface area contributed by atoms with Crippen LogP contribution in [0.1, 0.15) is 17.1 Å². The minimum atomic E-state index is -3.76. The number of hydrogen-bond acceptors (Lipinski definition) is 5. The second-order valence-corrected chi connectivity index (χ2v) is 6.03. The van der Waals surface area contributed by atoms with Gasteiger partial charge < -0.3 is 4.52 Å². The smallest absolute Gasteiger partial charge is 0.267 e. The zero-order chi connectivity index (χ0) is 14.2. The second kappa shape index (κ2) is 4.82. The molecule has 0 bridgehead atoms. The molecular formula is C11H12ClN3O3S. The van der Waals surface area contributed by atoms with Crippen LogP contribution in [-0.2, 0) is 10.0 Å². The maximum Gasteiger partial charge on any atom is 0.267 e. The van der Waals surface area contributed by atoms with Gasteiger partial charge in [-0.1, -0.05) is 16.8 Å². The highest BCUT2D eigenvalue weighted by Gasteiger charge is 2.24. The first kappa shape index (κ1) is 13.8. The van der Waals surface area contributed by atoms with Crippen LogP contribution in [0.25, 0.3) is 0 Å². The Kier molecular flexibility index (Phi) is 3.51. The molecule has 0 aliphatic heterocycles. The fraction of sp³-hybridized carbons (Fsp3) is 0.273. The monoisotopic (exact) mass is 301 g/mol. The van der Waals surface area contributed by atoms with E-state index in [0.29, 0.717) is 22.2 Å². The summed E-state index contributed by atoms with van der Waals surface area (Å²) in [7, 11) is -3.76. The number of halogens is 1. The van der Waals surface area contributed by atoms with Crippen LogP contribution in [0.4, 0.5) is 5.69 Å². The van der Waals surface area contributed by atoms with Gasteiger partial charge in [0.2, 0.25) is 0 Å². The van der Waals surface area contributed by atoms with Gasteiger partial charge >= 0.3 is 0 Å². The van der Waals surface area contributed by atoms with E-state index >= 15 is 0 Å². The molecule has 0 aromatic carbocycles. The van der Waals surface area contributed by atoms with Gasteiger partial charge in [-0.2, -0.15) is 0 Å². The number of nitrogens with zero attached hydrogens (tertiary/aromatic N) is 2. The average Bonchev–Trinajstić information content (AvgIpc) is 2.63. The van der Waals surface area contributed by atoms with Crippen molar-refractivity contribution in [2.45, 2.75) is 25.7 Å². The minimum absolute atomic E-state index is 0.0434. The molecule has 8 heteroatoms. The summed E-state index contributed by atoms with van der Waals surface area (Å²) < 4.78 is 31.9. The third-order valence-electron chi connectivity index (χ3n) is 2.53. The Morgan fingerprint density at radius 3 is 2.42 bits per heavy atom. The Hall–Kier alpha value is -1.60. The Morgan fingerprint density at radius 1 is 1.21 bits per heavy atom. The number of nitrogens with one attached hydrogen (secondary N) is 1. The molecular weight excluding hydrogens is 290 g/mol. The molecule has 0 fully saturated rings. The maximum atomic E-state index is 12.3. The standard InChI is InChI=1S/C11H12ClN3O3S/c1-6-9(4-5-10(12)13-6)15-19(16,17)11-7(2)14-18-8(11)3/h4-5,15H,1-3H3. The van der Waals surface area contributed by atoms with E-state index in [4.69, 9.17) is 16.1 Å². The van der Waals surface area contributed by atoms with Crippen molar-refractivity contribution in [1.29, 1.82) is 0 Å². The quantitative estimate of drug-likeness (QED) is 0.880. The molecule has 2 rings (SSSR count). The third-order valence-corrected chi connectivity index (χ3v) is 4.35. The lowest BCUT2D eigenvalue weighted by Crippen LogP contribution is -2.15. The van der Waals surface area contributed by atoms with Gasteiger partial charge in [-0.15, -0.1) is 0 Å². The first-order valence-corrected chi connectivity index (χ1v) is 7.26. The summed E-state index contributed by atoms with van der Waals surface area (Å²) in [5.74, 6) is 0.240. The summed E-state index contributed by atoms with van der Waals surface area (Å²) in [5, 5.41) is 3.93. The number of anilines is 1. The lowest BCUT2D eigenvalue weighted by molar-refractivity contribution is 0.390. The minimum Gasteiger partial charge on any atom is -0.360 e. The van der Waals surface area contributed by atoms with Crippen molar-refractivity contribution < 1.29 is 12.9 Å². The predicted molar refractivity (Wildman–Crippen MR) is 70.8 cm³/mol. The summed E-state index contributed by atoms with van der Waals surface area (Å²) >= 11 is 5.72. The molecule has 2 aromatic rings. The first-order valence-electron chi connectivity index (χ1n) is 5.40. The van der Waals surface area contributed by atoms with Gasteiger partial charge in [0.05, 0.1) is 11.4 Å². The van der Waals surface area contributed by atoms with Crippen LogP contribution < -0.4 is 4.72 Å². The molecule has 0 aliphatic carbocycles. The molecule has 2 aromatic heterocycles. The van der Waals surface area contributed by atoms with E-state index in [-0.39, 0.29) is 10.7 Å². The maximum absolute atomic E-state index is 12.3. The summed E-state index contributed by atoms with van der Waals surface area (Å²) in [5.41, 5.74) is 1.16. The Balaban J connectivity index is 2.42. The molecule has 0 saturated carbocycles. The number of pyridine rings is 1. The first-order chi connectivity index (χ1) is 8.81. The number of aryl methyl sites for hydroxylation is 3.